The van der Waals surface area contributed by atoms with Gasteiger partial charge in [-0.25, -0.2) is 0 Å². The van der Waals surface area contributed by atoms with Crippen LogP contribution in [0, 0.1) is 5.92 Å². The van der Waals surface area contributed by atoms with E-state index < -0.39 is 0 Å². The van der Waals surface area contributed by atoms with Crippen LogP contribution in [0.1, 0.15) is 18.7 Å². The Kier molecular flexibility index (Phi) is 3.29. The summed E-state index contributed by atoms with van der Waals surface area (Å²) in [6.07, 6.45) is 2.65. The van der Waals surface area contributed by atoms with Crippen LogP contribution in [0.5, 0.6) is 0 Å². The van der Waals surface area contributed by atoms with Gasteiger partial charge in [-0.1, -0.05) is 11.2 Å². The summed E-state index contributed by atoms with van der Waals surface area (Å²) in [5.74, 6) is 2.24. The van der Waals surface area contributed by atoms with Crippen molar-refractivity contribution in [2.24, 2.45) is 5.92 Å². The molecule has 0 bridgehead atoms. The van der Waals surface area contributed by atoms with Crippen LogP contribution in [0.2, 0.25) is 0 Å². The third-order valence-electron chi connectivity index (χ3n) is 4.24. The first-order valence-corrected chi connectivity index (χ1v) is 8.08. The fraction of sp³-hybridized carbons (Fsp3) is 0.571. The summed E-state index contributed by atoms with van der Waals surface area (Å²) in [7, 11) is 0. The Morgan fingerprint density at radius 2 is 2.45 bits per heavy atom. The Balaban J connectivity index is 1.42. The molecule has 0 aromatic carbocycles. The van der Waals surface area contributed by atoms with Crippen molar-refractivity contribution in [3.8, 4) is 10.7 Å². The van der Waals surface area contributed by atoms with E-state index in [4.69, 9.17) is 4.52 Å². The van der Waals surface area contributed by atoms with E-state index in [1.807, 2.05) is 17.5 Å². The number of nitrogens with zero attached hydrogens (tertiary/aromatic N) is 3. The van der Waals surface area contributed by atoms with Crippen molar-refractivity contribution >= 4 is 11.3 Å². The Morgan fingerprint density at radius 3 is 3.30 bits per heavy atom. The molecule has 2 aromatic heterocycles. The van der Waals surface area contributed by atoms with Crippen molar-refractivity contribution in [3.63, 3.8) is 0 Å². The number of fused-ring (bicyclic) bond motifs is 1. The van der Waals surface area contributed by atoms with Crippen LogP contribution in [0.3, 0.4) is 0 Å². The molecule has 6 heteroatoms. The van der Waals surface area contributed by atoms with Gasteiger partial charge in [0.1, 0.15) is 0 Å². The van der Waals surface area contributed by atoms with Gasteiger partial charge in [-0.05, 0) is 36.8 Å². The third-order valence-corrected chi connectivity index (χ3v) is 5.11. The van der Waals surface area contributed by atoms with Crippen LogP contribution in [-0.2, 0) is 6.54 Å². The summed E-state index contributed by atoms with van der Waals surface area (Å²) in [5.41, 5.74) is 0. The highest BCUT2D eigenvalue weighted by molar-refractivity contribution is 7.13. The maximum absolute atomic E-state index is 5.39. The van der Waals surface area contributed by atoms with E-state index >= 15 is 0 Å². The molecule has 0 spiro atoms. The molecule has 4 heterocycles. The lowest BCUT2D eigenvalue weighted by atomic mass is 9.94. The molecule has 0 radical (unpaired) electrons. The van der Waals surface area contributed by atoms with E-state index in [9.17, 15) is 0 Å². The lowest BCUT2D eigenvalue weighted by molar-refractivity contribution is 0.259. The van der Waals surface area contributed by atoms with Gasteiger partial charge in [0.05, 0.1) is 11.4 Å². The van der Waals surface area contributed by atoms with Crippen LogP contribution >= 0.6 is 11.3 Å². The first-order chi connectivity index (χ1) is 9.88. The molecule has 5 nitrogen and oxygen atoms in total. The van der Waals surface area contributed by atoms with Gasteiger partial charge >= 0.3 is 0 Å². The second kappa shape index (κ2) is 5.27. The summed E-state index contributed by atoms with van der Waals surface area (Å²) in [4.78, 5) is 8.00. The number of aromatic nitrogens is 2. The molecule has 0 aliphatic carbocycles. The van der Waals surface area contributed by atoms with Gasteiger partial charge in [-0.2, -0.15) is 4.98 Å². The number of hydrogen-bond acceptors (Lipinski definition) is 6. The molecular weight excluding hydrogens is 272 g/mol. The topological polar surface area (TPSA) is 54.2 Å². The molecule has 2 aliphatic heterocycles. The molecule has 1 N–H and O–H groups in total. The van der Waals surface area contributed by atoms with E-state index in [1.54, 1.807) is 11.3 Å². The smallest absolute Gasteiger partial charge is 0.241 e. The van der Waals surface area contributed by atoms with Gasteiger partial charge in [0.15, 0.2) is 0 Å². The second-order valence-corrected chi connectivity index (χ2v) is 6.59. The van der Waals surface area contributed by atoms with Gasteiger partial charge < -0.3 is 9.84 Å². The Bertz CT molecular complexity index is 554. The molecule has 0 unspecified atom stereocenters. The number of hydrogen-bond donors (Lipinski definition) is 1. The van der Waals surface area contributed by atoms with Crippen molar-refractivity contribution in [2.75, 3.05) is 19.6 Å². The molecule has 0 amide bonds. The van der Waals surface area contributed by atoms with Gasteiger partial charge in [0, 0.05) is 19.1 Å². The Labute approximate surface area is 122 Å². The average Bonchev–Trinajstić information content (AvgIpc) is 3.18. The average molecular weight is 290 g/mol. The minimum atomic E-state index is 0.656. The predicted octanol–water partition coefficient (Wildman–Crippen LogP) is 1.98. The summed E-state index contributed by atoms with van der Waals surface area (Å²) in [6.45, 7) is 4.18. The number of likely N-dealkylation sites (tertiary alicyclic amines) is 1. The lowest BCUT2D eigenvalue weighted by Crippen LogP contribution is -2.40. The quantitative estimate of drug-likeness (QED) is 0.937. The van der Waals surface area contributed by atoms with Gasteiger partial charge in [-0.15, -0.1) is 11.3 Å². The molecule has 2 aliphatic rings. The monoisotopic (exact) mass is 290 g/mol. The van der Waals surface area contributed by atoms with Crippen LogP contribution in [0.25, 0.3) is 10.7 Å². The van der Waals surface area contributed by atoms with E-state index in [2.05, 4.69) is 20.4 Å². The summed E-state index contributed by atoms with van der Waals surface area (Å²) >= 11 is 1.64. The standard InChI is InChI=1S/C14H18N4OS/c1-3-10-7-18(8-11(10)15-5-1)9-13-16-14(17-19-13)12-4-2-6-20-12/h2,4,6,10-11,15H,1,3,5,7-9H2/t10-,11+/m0/s1. The van der Waals surface area contributed by atoms with Crippen molar-refractivity contribution in [1.29, 1.82) is 0 Å². The van der Waals surface area contributed by atoms with Crippen molar-refractivity contribution in [1.82, 2.24) is 20.4 Å². The van der Waals surface area contributed by atoms with Crippen molar-refractivity contribution in [2.45, 2.75) is 25.4 Å². The van der Waals surface area contributed by atoms with Gasteiger partial charge in [0.25, 0.3) is 0 Å². The highest BCUT2D eigenvalue weighted by Crippen LogP contribution is 2.26. The fourth-order valence-corrected chi connectivity index (χ4v) is 3.93. The Morgan fingerprint density at radius 1 is 1.45 bits per heavy atom. The van der Waals surface area contributed by atoms with Crippen molar-refractivity contribution < 1.29 is 4.52 Å². The highest BCUT2D eigenvalue weighted by Gasteiger charge is 2.34. The first-order valence-electron chi connectivity index (χ1n) is 7.21. The molecule has 2 fully saturated rings. The van der Waals surface area contributed by atoms with E-state index in [1.165, 1.54) is 12.8 Å². The van der Waals surface area contributed by atoms with E-state index in [0.29, 0.717) is 11.9 Å². The van der Waals surface area contributed by atoms with Crippen LogP contribution in [-0.4, -0.2) is 40.7 Å². The maximum Gasteiger partial charge on any atom is 0.241 e. The fourth-order valence-electron chi connectivity index (χ4n) is 3.28. The zero-order valence-electron chi connectivity index (χ0n) is 11.3. The molecule has 4 rings (SSSR count). The number of piperidine rings is 1. The molecular formula is C14H18N4OS. The minimum absolute atomic E-state index is 0.656. The van der Waals surface area contributed by atoms with E-state index in [-0.39, 0.29) is 0 Å². The van der Waals surface area contributed by atoms with Crippen LogP contribution in [0.4, 0.5) is 0 Å². The van der Waals surface area contributed by atoms with Crippen LogP contribution in [0.15, 0.2) is 22.0 Å². The summed E-state index contributed by atoms with van der Waals surface area (Å²) in [6, 6.07) is 4.68. The maximum atomic E-state index is 5.39. The SMILES string of the molecule is c1csc(-c2noc(CN3C[C@@H]4CCCN[C@@H]4C3)n2)c1. The molecule has 2 saturated heterocycles. The number of thiophene rings is 1. The zero-order chi connectivity index (χ0) is 13.4. The summed E-state index contributed by atoms with van der Waals surface area (Å²) < 4.78 is 5.39. The number of nitrogens with one attached hydrogen (secondary N) is 1. The van der Waals surface area contributed by atoms with Gasteiger partial charge in [-0.3, -0.25) is 4.90 Å². The number of rotatable bonds is 3. The van der Waals surface area contributed by atoms with Crippen LogP contribution < -0.4 is 5.32 Å². The molecule has 2 atom stereocenters. The second-order valence-electron chi connectivity index (χ2n) is 5.65. The van der Waals surface area contributed by atoms with Crippen molar-refractivity contribution in [3.05, 3.63) is 23.4 Å². The lowest BCUT2D eigenvalue weighted by Gasteiger charge is -2.24. The molecule has 0 saturated carbocycles. The Hall–Kier alpha value is -1.24. The highest BCUT2D eigenvalue weighted by atomic mass is 32.1. The first kappa shape index (κ1) is 12.5. The van der Waals surface area contributed by atoms with Gasteiger partial charge in [0.2, 0.25) is 11.7 Å². The molecule has 106 valence electrons. The third kappa shape index (κ3) is 2.39. The predicted molar refractivity (Wildman–Crippen MR) is 77.4 cm³/mol. The molecule has 2 aromatic rings. The minimum Gasteiger partial charge on any atom is -0.338 e. The molecule has 20 heavy (non-hydrogen) atoms. The zero-order valence-corrected chi connectivity index (χ0v) is 12.1. The largest absolute Gasteiger partial charge is 0.338 e. The summed E-state index contributed by atoms with van der Waals surface area (Å²) in [5, 5.41) is 9.72. The van der Waals surface area contributed by atoms with E-state index in [0.717, 1.165) is 42.9 Å². The normalized spacial score (nSPS) is 26.8.